The standard InChI is InChI=1S/C3H16N2Si3/c1-4(6)2-3-5(7)8/h2-3H2,1,6-8H3. The van der Waals surface area contributed by atoms with Crippen LogP contribution in [0.2, 0.25) is 0 Å². The van der Waals surface area contributed by atoms with Crippen molar-refractivity contribution < 1.29 is 0 Å². The first-order chi connectivity index (χ1) is 3.63. The molecule has 0 aliphatic heterocycles. The van der Waals surface area contributed by atoms with Gasteiger partial charge in [-0.15, -0.1) is 0 Å². The Hall–Kier alpha value is 0.571. The van der Waals surface area contributed by atoms with Crippen molar-refractivity contribution in [3.63, 3.8) is 0 Å². The molecule has 0 saturated carbocycles. The summed E-state index contributed by atoms with van der Waals surface area (Å²) < 4.78 is 4.84. The molecule has 5 heteroatoms. The number of nitrogens with zero attached hydrogens (tertiary/aromatic N) is 2. The van der Waals surface area contributed by atoms with E-state index in [-0.39, 0.29) is 0 Å². The Labute approximate surface area is 60.7 Å². The predicted octanol–water partition coefficient (Wildman–Crippen LogP) is -3.94. The van der Waals surface area contributed by atoms with Gasteiger partial charge in [0.1, 0.15) is 0 Å². The molecule has 0 fully saturated rings. The molecule has 2 nitrogen and oxygen atoms in total. The number of hydrogen-bond donors (Lipinski definition) is 0. The number of rotatable bonds is 3. The molecule has 0 aromatic carbocycles. The van der Waals surface area contributed by atoms with Gasteiger partial charge in [-0.2, -0.15) is 0 Å². The molecule has 0 rings (SSSR count). The van der Waals surface area contributed by atoms with Crippen molar-refractivity contribution >= 4 is 31.2 Å². The lowest BCUT2D eigenvalue weighted by Crippen LogP contribution is -2.28. The molecule has 0 N–H and O–H groups in total. The molecule has 0 unspecified atom stereocenters. The molecule has 0 bridgehead atoms. The van der Waals surface area contributed by atoms with Crippen LogP contribution in [0.3, 0.4) is 0 Å². The maximum Gasteiger partial charge on any atom is 0.0781 e. The highest BCUT2D eigenvalue weighted by Crippen LogP contribution is 1.73. The zero-order chi connectivity index (χ0) is 6.57. The molecule has 0 aliphatic rings. The lowest BCUT2D eigenvalue weighted by molar-refractivity contribution is 0.502. The summed E-state index contributed by atoms with van der Waals surface area (Å²) in [6.07, 6.45) is 0. The largest absolute Gasteiger partial charge is 0.359 e. The minimum absolute atomic E-state index is 1.21. The van der Waals surface area contributed by atoms with Crippen LogP contribution in [-0.4, -0.2) is 60.1 Å². The molecule has 0 aromatic heterocycles. The van der Waals surface area contributed by atoms with Crippen LogP contribution in [0.5, 0.6) is 0 Å². The van der Waals surface area contributed by atoms with Crippen LogP contribution in [0, 0.1) is 0 Å². The van der Waals surface area contributed by atoms with Gasteiger partial charge in [-0.3, -0.25) is 0 Å². The van der Waals surface area contributed by atoms with Gasteiger partial charge in [0.2, 0.25) is 0 Å². The van der Waals surface area contributed by atoms with Gasteiger partial charge in [0.25, 0.3) is 0 Å². The molecule has 0 saturated heterocycles. The highest BCUT2D eigenvalue weighted by atomic mass is 28.2. The first-order valence-electron chi connectivity index (χ1n) is 2.92. The summed E-state index contributed by atoms with van der Waals surface area (Å²) in [5, 5.41) is 0. The molecule has 0 aromatic rings. The van der Waals surface area contributed by atoms with Gasteiger partial charge < -0.3 is 8.80 Å². The second kappa shape index (κ2) is 4.45. The first-order valence-corrected chi connectivity index (χ1v) is 5.60. The SMILES string of the molecule is CN([SiH3])CCN([SiH3])[SiH3]. The Morgan fingerprint density at radius 2 is 1.62 bits per heavy atom. The lowest BCUT2D eigenvalue weighted by atomic mass is 10.7. The molecule has 0 spiro atoms. The number of likely N-dealkylation sites (N-methyl/N-ethyl adjacent to an activating group) is 1. The van der Waals surface area contributed by atoms with E-state index in [1.807, 2.05) is 0 Å². The van der Waals surface area contributed by atoms with Crippen molar-refractivity contribution in [3.8, 4) is 0 Å². The van der Waals surface area contributed by atoms with E-state index in [4.69, 9.17) is 0 Å². The minimum Gasteiger partial charge on any atom is -0.359 e. The quantitative estimate of drug-likeness (QED) is 0.393. The monoisotopic (exact) mass is 164 g/mol. The van der Waals surface area contributed by atoms with E-state index >= 15 is 0 Å². The highest BCUT2D eigenvalue weighted by Gasteiger charge is 1.88. The topological polar surface area (TPSA) is 6.48 Å². The van der Waals surface area contributed by atoms with Crippen LogP contribution in [0.25, 0.3) is 0 Å². The van der Waals surface area contributed by atoms with Gasteiger partial charge in [-0.1, -0.05) is 0 Å². The van der Waals surface area contributed by atoms with Gasteiger partial charge in [0.15, 0.2) is 0 Å². The smallest absolute Gasteiger partial charge is 0.0781 e. The molecule has 8 heavy (non-hydrogen) atoms. The van der Waals surface area contributed by atoms with Gasteiger partial charge >= 0.3 is 0 Å². The molecule has 0 heterocycles. The summed E-state index contributed by atoms with van der Waals surface area (Å²) in [6.45, 7) is 2.58. The third-order valence-corrected chi connectivity index (χ3v) is 2.34. The van der Waals surface area contributed by atoms with Crippen LogP contribution >= 0.6 is 0 Å². The Balaban J connectivity index is 2.93. The average Bonchev–Trinajstić information content (AvgIpc) is 1.61. The summed E-state index contributed by atoms with van der Waals surface area (Å²) in [6, 6.07) is 0. The Morgan fingerprint density at radius 1 is 1.12 bits per heavy atom. The molecule has 50 valence electrons. The van der Waals surface area contributed by atoms with Crippen LogP contribution in [0.15, 0.2) is 0 Å². The van der Waals surface area contributed by atoms with Crippen molar-refractivity contribution in [2.75, 3.05) is 20.1 Å². The van der Waals surface area contributed by atoms with E-state index < -0.39 is 0 Å². The Bertz CT molecular complexity index is 48.5. The molecule has 0 atom stereocenters. The van der Waals surface area contributed by atoms with Crippen molar-refractivity contribution in [2.45, 2.75) is 0 Å². The second-order valence-corrected chi connectivity index (χ2v) is 8.98. The van der Waals surface area contributed by atoms with Gasteiger partial charge in [0.05, 0.1) is 31.2 Å². The van der Waals surface area contributed by atoms with Crippen LogP contribution in [0.4, 0.5) is 0 Å². The zero-order valence-corrected chi connectivity index (χ0v) is 12.3. The summed E-state index contributed by atoms with van der Waals surface area (Å²) in [5.41, 5.74) is 0. The van der Waals surface area contributed by atoms with Crippen molar-refractivity contribution in [3.05, 3.63) is 0 Å². The Kier molecular flexibility index (Phi) is 4.77. The van der Waals surface area contributed by atoms with Crippen molar-refractivity contribution in [1.29, 1.82) is 0 Å². The van der Waals surface area contributed by atoms with E-state index in [2.05, 4.69) is 15.8 Å². The van der Waals surface area contributed by atoms with Crippen molar-refractivity contribution in [1.82, 2.24) is 8.80 Å². The summed E-state index contributed by atoms with van der Waals surface area (Å²) in [5.74, 6) is 0. The fourth-order valence-electron chi connectivity index (χ4n) is 0.400. The van der Waals surface area contributed by atoms with Gasteiger partial charge in [0, 0.05) is 6.54 Å². The van der Waals surface area contributed by atoms with Crippen LogP contribution in [-0.2, 0) is 0 Å². The fourth-order valence-corrected chi connectivity index (χ4v) is 1.000. The molecule has 0 aliphatic carbocycles. The maximum absolute atomic E-state index is 2.48. The summed E-state index contributed by atoms with van der Waals surface area (Å²) in [4.78, 5) is 0. The molecule has 0 radical (unpaired) electrons. The molecule has 0 amide bonds. The predicted molar refractivity (Wildman–Crippen MR) is 49.2 cm³/mol. The molecular weight excluding hydrogens is 148 g/mol. The maximum atomic E-state index is 2.48. The first kappa shape index (κ1) is 8.57. The molecular formula is C3H16N2Si3. The van der Waals surface area contributed by atoms with E-state index in [0.717, 1.165) is 0 Å². The third kappa shape index (κ3) is 6.57. The third-order valence-electron chi connectivity index (χ3n) is 0.994. The van der Waals surface area contributed by atoms with E-state index in [1.165, 1.54) is 44.3 Å². The van der Waals surface area contributed by atoms with Crippen LogP contribution < -0.4 is 0 Å². The van der Waals surface area contributed by atoms with E-state index in [1.54, 1.807) is 0 Å². The fraction of sp³-hybridized carbons (Fsp3) is 1.00. The van der Waals surface area contributed by atoms with Crippen LogP contribution in [0.1, 0.15) is 0 Å². The second-order valence-electron chi connectivity index (χ2n) is 2.61. The average molecular weight is 164 g/mol. The lowest BCUT2D eigenvalue weighted by Gasteiger charge is -2.14. The zero-order valence-electron chi connectivity index (χ0n) is 6.31. The normalized spacial score (nSPS) is 12.4. The minimum atomic E-state index is 1.21. The van der Waals surface area contributed by atoms with Gasteiger partial charge in [-0.25, -0.2) is 0 Å². The van der Waals surface area contributed by atoms with E-state index in [9.17, 15) is 0 Å². The summed E-state index contributed by atoms with van der Waals surface area (Å²) >= 11 is 0. The number of hydrogen-bond acceptors (Lipinski definition) is 2. The Morgan fingerprint density at radius 3 is 1.75 bits per heavy atom. The van der Waals surface area contributed by atoms with Gasteiger partial charge in [-0.05, 0) is 13.6 Å². The summed E-state index contributed by atoms with van der Waals surface area (Å²) in [7, 11) is 5.91. The van der Waals surface area contributed by atoms with Crippen molar-refractivity contribution in [2.24, 2.45) is 0 Å². The highest BCUT2D eigenvalue weighted by molar-refractivity contribution is 6.24. The van der Waals surface area contributed by atoms with E-state index in [0.29, 0.717) is 0 Å².